The van der Waals surface area contributed by atoms with Crippen molar-refractivity contribution < 1.29 is 0 Å². The number of nitrogens with zero attached hydrogens (tertiary/aromatic N) is 4. The standard InChI is InChI=1S/C27H18Br2N4/c28-21-11-15-23(16-12-21)30-31-26-25(19-7-3-1-4-8-19)32-33(24-17-13-22(29)14-18-24)27(26)20-9-5-2-6-10-20/h1-18H. The van der Waals surface area contributed by atoms with Gasteiger partial charge in [0.1, 0.15) is 17.1 Å². The fraction of sp³-hybridized carbons (Fsp3) is 0. The van der Waals surface area contributed by atoms with Gasteiger partial charge in [-0.25, -0.2) is 4.68 Å². The van der Waals surface area contributed by atoms with E-state index < -0.39 is 0 Å². The van der Waals surface area contributed by atoms with Gasteiger partial charge in [0.05, 0.1) is 11.4 Å². The monoisotopic (exact) mass is 556 g/mol. The molecule has 0 spiro atoms. The fourth-order valence-corrected chi connectivity index (χ4v) is 4.06. The summed E-state index contributed by atoms with van der Waals surface area (Å²) in [4.78, 5) is 0. The Morgan fingerprint density at radius 1 is 0.576 bits per heavy atom. The molecule has 1 heterocycles. The zero-order valence-electron chi connectivity index (χ0n) is 17.4. The predicted molar refractivity (Wildman–Crippen MR) is 140 cm³/mol. The highest BCUT2D eigenvalue weighted by Gasteiger charge is 2.22. The quantitative estimate of drug-likeness (QED) is 0.199. The van der Waals surface area contributed by atoms with Crippen molar-refractivity contribution in [1.82, 2.24) is 9.78 Å². The van der Waals surface area contributed by atoms with Gasteiger partial charge in [0.2, 0.25) is 0 Å². The molecule has 0 atom stereocenters. The lowest BCUT2D eigenvalue weighted by Gasteiger charge is -2.08. The van der Waals surface area contributed by atoms with Crippen LogP contribution < -0.4 is 0 Å². The first-order valence-electron chi connectivity index (χ1n) is 10.4. The van der Waals surface area contributed by atoms with Crippen molar-refractivity contribution in [1.29, 1.82) is 0 Å². The molecule has 0 saturated carbocycles. The van der Waals surface area contributed by atoms with Crippen molar-refractivity contribution in [2.45, 2.75) is 0 Å². The zero-order chi connectivity index (χ0) is 22.6. The second-order valence-electron chi connectivity index (χ2n) is 7.34. The smallest absolute Gasteiger partial charge is 0.140 e. The van der Waals surface area contributed by atoms with E-state index in [0.29, 0.717) is 0 Å². The number of rotatable bonds is 5. The highest BCUT2D eigenvalue weighted by Crippen LogP contribution is 2.41. The molecule has 4 nitrogen and oxygen atoms in total. The minimum atomic E-state index is 0.721. The molecule has 0 unspecified atom stereocenters. The minimum Gasteiger partial charge on any atom is -0.230 e. The summed E-state index contributed by atoms with van der Waals surface area (Å²) in [5.41, 5.74) is 6.09. The van der Waals surface area contributed by atoms with E-state index in [1.54, 1.807) is 0 Å². The second-order valence-corrected chi connectivity index (χ2v) is 9.17. The second kappa shape index (κ2) is 9.65. The highest BCUT2D eigenvalue weighted by molar-refractivity contribution is 9.10. The molecule has 6 heteroatoms. The maximum Gasteiger partial charge on any atom is 0.140 e. The normalized spacial score (nSPS) is 11.2. The van der Waals surface area contributed by atoms with Crippen molar-refractivity contribution in [2.24, 2.45) is 10.2 Å². The third-order valence-corrected chi connectivity index (χ3v) is 6.18. The van der Waals surface area contributed by atoms with Crippen LogP contribution in [0, 0.1) is 0 Å². The van der Waals surface area contributed by atoms with Gasteiger partial charge in [-0.3, -0.25) is 0 Å². The molecule has 0 saturated heterocycles. The van der Waals surface area contributed by atoms with E-state index in [1.165, 1.54) is 0 Å². The van der Waals surface area contributed by atoms with Gasteiger partial charge in [0.15, 0.2) is 0 Å². The van der Waals surface area contributed by atoms with Gasteiger partial charge in [0, 0.05) is 20.1 Å². The van der Waals surface area contributed by atoms with Crippen molar-refractivity contribution >= 4 is 43.2 Å². The molecule has 0 bridgehead atoms. The van der Waals surface area contributed by atoms with Gasteiger partial charge in [-0.15, -0.1) is 5.11 Å². The van der Waals surface area contributed by atoms with Crippen molar-refractivity contribution in [3.05, 3.63) is 118 Å². The maximum atomic E-state index is 5.02. The van der Waals surface area contributed by atoms with Crippen LogP contribution in [0.5, 0.6) is 0 Å². The first kappa shape index (κ1) is 21.5. The van der Waals surface area contributed by atoms with Gasteiger partial charge in [0.25, 0.3) is 0 Å². The Morgan fingerprint density at radius 2 is 1.12 bits per heavy atom. The molecule has 0 aliphatic rings. The van der Waals surface area contributed by atoms with E-state index in [-0.39, 0.29) is 0 Å². The van der Waals surface area contributed by atoms with Crippen LogP contribution in [-0.2, 0) is 0 Å². The Kier molecular flexibility index (Phi) is 6.28. The van der Waals surface area contributed by atoms with Crippen LogP contribution in [0.15, 0.2) is 128 Å². The SMILES string of the molecule is Brc1ccc(N=Nc2c(-c3ccccc3)nn(-c3ccc(Br)cc3)c2-c2ccccc2)cc1. The van der Waals surface area contributed by atoms with E-state index in [0.717, 1.165) is 48.5 Å². The molecule has 0 aliphatic carbocycles. The molecule has 0 fully saturated rings. The predicted octanol–water partition coefficient (Wildman–Crippen LogP) is 9.15. The van der Waals surface area contributed by atoms with Crippen LogP contribution in [0.3, 0.4) is 0 Å². The Balaban J connectivity index is 1.77. The molecular weight excluding hydrogens is 540 g/mol. The van der Waals surface area contributed by atoms with Crippen molar-refractivity contribution in [3.63, 3.8) is 0 Å². The lowest BCUT2D eigenvalue weighted by atomic mass is 10.1. The Hall–Kier alpha value is -3.35. The third kappa shape index (κ3) is 4.72. The minimum absolute atomic E-state index is 0.721. The number of hydrogen-bond acceptors (Lipinski definition) is 3. The van der Waals surface area contributed by atoms with Gasteiger partial charge in [-0.2, -0.15) is 10.2 Å². The lowest BCUT2D eigenvalue weighted by molar-refractivity contribution is 0.891. The average molecular weight is 558 g/mol. The van der Waals surface area contributed by atoms with Crippen LogP contribution in [-0.4, -0.2) is 9.78 Å². The first-order valence-corrected chi connectivity index (χ1v) is 11.9. The topological polar surface area (TPSA) is 42.5 Å². The molecule has 4 aromatic carbocycles. The van der Waals surface area contributed by atoms with Crippen LogP contribution >= 0.6 is 31.9 Å². The molecule has 0 aliphatic heterocycles. The van der Waals surface area contributed by atoms with E-state index in [1.807, 2.05) is 102 Å². The molecule has 5 aromatic rings. The summed E-state index contributed by atoms with van der Waals surface area (Å²) in [6.45, 7) is 0. The molecule has 33 heavy (non-hydrogen) atoms. The molecular formula is C27H18Br2N4. The number of azo groups is 1. The summed E-state index contributed by atoms with van der Waals surface area (Å²) >= 11 is 7.00. The number of hydrogen-bond donors (Lipinski definition) is 0. The van der Waals surface area contributed by atoms with Crippen LogP contribution in [0.2, 0.25) is 0 Å². The number of halogens is 2. The molecule has 0 amide bonds. The van der Waals surface area contributed by atoms with Gasteiger partial charge < -0.3 is 0 Å². The summed E-state index contributed by atoms with van der Waals surface area (Å²) < 4.78 is 3.96. The largest absolute Gasteiger partial charge is 0.230 e. The molecule has 160 valence electrons. The van der Waals surface area contributed by atoms with Gasteiger partial charge >= 0.3 is 0 Å². The van der Waals surface area contributed by atoms with Gasteiger partial charge in [-0.1, -0.05) is 92.5 Å². The van der Waals surface area contributed by atoms with E-state index in [2.05, 4.69) is 49.1 Å². The van der Waals surface area contributed by atoms with E-state index >= 15 is 0 Å². The summed E-state index contributed by atoms with van der Waals surface area (Å²) in [6, 6.07) is 36.1. The third-order valence-electron chi connectivity index (χ3n) is 5.12. The van der Waals surface area contributed by atoms with Gasteiger partial charge in [-0.05, 0) is 48.5 Å². The highest BCUT2D eigenvalue weighted by atomic mass is 79.9. The molecule has 1 aromatic heterocycles. The Bertz CT molecular complexity index is 1390. The zero-order valence-corrected chi connectivity index (χ0v) is 20.6. The summed E-state index contributed by atoms with van der Waals surface area (Å²) in [5.74, 6) is 0. The maximum absolute atomic E-state index is 5.02. The number of aromatic nitrogens is 2. The van der Waals surface area contributed by atoms with Crippen LogP contribution in [0.25, 0.3) is 28.2 Å². The lowest BCUT2D eigenvalue weighted by Crippen LogP contribution is -1.99. The average Bonchev–Trinajstić information content (AvgIpc) is 3.25. The Morgan fingerprint density at radius 3 is 1.73 bits per heavy atom. The van der Waals surface area contributed by atoms with Crippen LogP contribution in [0.1, 0.15) is 0 Å². The molecule has 5 rings (SSSR count). The number of benzene rings is 4. The first-order chi connectivity index (χ1) is 16.2. The Labute approximate surface area is 208 Å². The summed E-state index contributed by atoms with van der Waals surface area (Å²) in [7, 11) is 0. The fourth-order valence-electron chi connectivity index (χ4n) is 3.53. The van der Waals surface area contributed by atoms with Crippen molar-refractivity contribution in [3.8, 4) is 28.2 Å². The summed E-state index contributed by atoms with van der Waals surface area (Å²) in [6.07, 6.45) is 0. The van der Waals surface area contributed by atoms with Crippen LogP contribution in [0.4, 0.5) is 11.4 Å². The summed E-state index contributed by atoms with van der Waals surface area (Å²) in [5, 5.41) is 14.3. The molecule has 0 N–H and O–H groups in total. The molecule has 0 radical (unpaired) electrons. The van der Waals surface area contributed by atoms with E-state index in [4.69, 9.17) is 10.2 Å². The van der Waals surface area contributed by atoms with E-state index in [9.17, 15) is 0 Å². The van der Waals surface area contributed by atoms with Crippen molar-refractivity contribution in [2.75, 3.05) is 0 Å².